The fraction of sp³-hybridized carbons (Fsp3) is 0.286. The highest BCUT2D eigenvalue weighted by Gasteiger charge is 2.44. The number of carbonyl (C=O) groups is 1. The van der Waals surface area contributed by atoms with Crippen molar-refractivity contribution in [2.24, 2.45) is 5.73 Å². The number of aromatic nitrogens is 2. The molecule has 3 rings (SSSR count). The topological polar surface area (TPSA) is 132 Å². The van der Waals surface area contributed by atoms with Crippen molar-refractivity contribution < 1.29 is 18.3 Å². The molecule has 0 saturated heterocycles. The molecule has 2 aromatic carbocycles. The van der Waals surface area contributed by atoms with Crippen LogP contribution in [0.2, 0.25) is 0 Å². The predicted octanol–water partition coefficient (Wildman–Crippen LogP) is 1.54. The first-order chi connectivity index (χ1) is 13.9. The number of aliphatic hydroxyl groups excluding tert-OH is 1. The molecule has 1 heterocycles. The normalized spacial score (nSPS) is 14.9. The third-order valence-corrected chi connectivity index (χ3v) is 7.41. The zero-order valence-electron chi connectivity index (χ0n) is 16.9. The molecular formula is C21H23N3O5S. The lowest BCUT2D eigenvalue weighted by molar-refractivity contribution is -0.121. The minimum absolute atomic E-state index is 0.257. The average Bonchev–Trinajstić information content (AvgIpc) is 2.67. The fourth-order valence-electron chi connectivity index (χ4n) is 3.15. The highest BCUT2D eigenvalue weighted by Crippen LogP contribution is 2.27. The van der Waals surface area contributed by atoms with Crippen LogP contribution in [0.15, 0.2) is 53.6 Å². The summed E-state index contributed by atoms with van der Waals surface area (Å²) in [5, 5.41) is 10.8. The van der Waals surface area contributed by atoms with Gasteiger partial charge in [-0.3, -0.25) is 14.2 Å². The Morgan fingerprint density at radius 3 is 2.37 bits per heavy atom. The molecule has 0 spiro atoms. The van der Waals surface area contributed by atoms with Gasteiger partial charge in [-0.25, -0.2) is 13.4 Å². The van der Waals surface area contributed by atoms with Crippen LogP contribution in [0.3, 0.4) is 0 Å². The zero-order valence-corrected chi connectivity index (χ0v) is 17.7. The van der Waals surface area contributed by atoms with Crippen molar-refractivity contribution in [3.05, 3.63) is 64.7 Å². The number of nitrogens with two attached hydrogens (primary N) is 1. The number of fused-ring (bicyclic) bond motifs is 1. The van der Waals surface area contributed by atoms with E-state index in [0.29, 0.717) is 5.52 Å². The first kappa shape index (κ1) is 21.7. The number of aryl methyl sites for hydroxylation is 1. The lowest BCUT2D eigenvalue weighted by Crippen LogP contribution is -2.49. The van der Waals surface area contributed by atoms with E-state index in [4.69, 9.17) is 5.73 Å². The Kier molecular flexibility index (Phi) is 5.53. The van der Waals surface area contributed by atoms with Crippen molar-refractivity contribution in [2.45, 2.75) is 31.2 Å². The summed E-state index contributed by atoms with van der Waals surface area (Å²) in [6, 6.07) is 13.1. The van der Waals surface area contributed by atoms with Crippen molar-refractivity contribution in [1.29, 1.82) is 0 Å². The standard InChI is InChI=1S/C21H23N3O5S/c1-13-4-6-14(7-5-13)15-8-9-16-17(10-15)23-12-24(19(16)26)18(25)11-21(2,20(22)27)30(3,28)29/h4-10,12,18,25H,11H2,1-3H3,(H2,22,27). The summed E-state index contributed by atoms with van der Waals surface area (Å²) < 4.78 is 22.9. The Labute approximate surface area is 173 Å². The number of amides is 1. The average molecular weight is 429 g/mol. The van der Waals surface area contributed by atoms with E-state index >= 15 is 0 Å². The molecule has 0 aliphatic carbocycles. The molecule has 2 atom stereocenters. The molecule has 0 bridgehead atoms. The second-order valence-electron chi connectivity index (χ2n) is 7.61. The van der Waals surface area contributed by atoms with Crippen molar-refractivity contribution in [3.63, 3.8) is 0 Å². The van der Waals surface area contributed by atoms with Crippen LogP contribution in [-0.2, 0) is 14.6 Å². The first-order valence-corrected chi connectivity index (χ1v) is 11.1. The Morgan fingerprint density at radius 2 is 1.80 bits per heavy atom. The quantitative estimate of drug-likeness (QED) is 0.611. The van der Waals surface area contributed by atoms with Crippen molar-refractivity contribution in [2.75, 3.05) is 6.26 Å². The van der Waals surface area contributed by atoms with E-state index in [1.807, 2.05) is 31.2 Å². The molecule has 3 N–H and O–H groups in total. The van der Waals surface area contributed by atoms with Gasteiger partial charge in [0.05, 0.1) is 10.9 Å². The number of hydrogen-bond acceptors (Lipinski definition) is 6. The van der Waals surface area contributed by atoms with E-state index in [2.05, 4.69) is 4.98 Å². The Morgan fingerprint density at radius 1 is 1.20 bits per heavy atom. The number of primary amides is 1. The molecule has 1 amide bonds. The Balaban J connectivity index is 2.01. The van der Waals surface area contributed by atoms with Gasteiger partial charge >= 0.3 is 0 Å². The highest BCUT2D eigenvalue weighted by atomic mass is 32.2. The van der Waals surface area contributed by atoms with Crippen LogP contribution >= 0.6 is 0 Å². The second kappa shape index (κ2) is 7.66. The van der Waals surface area contributed by atoms with Crippen LogP contribution in [0.4, 0.5) is 0 Å². The van der Waals surface area contributed by atoms with Crippen LogP contribution in [0.5, 0.6) is 0 Å². The summed E-state index contributed by atoms with van der Waals surface area (Å²) in [5.41, 5.74) is 8.12. The molecule has 0 saturated carbocycles. The molecule has 8 nitrogen and oxygen atoms in total. The van der Waals surface area contributed by atoms with E-state index in [1.54, 1.807) is 18.2 Å². The largest absolute Gasteiger partial charge is 0.373 e. The maximum Gasteiger partial charge on any atom is 0.263 e. The maximum absolute atomic E-state index is 12.9. The summed E-state index contributed by atoms with van der Waals surface area (Å²) in [6.45, 7) is 3.12. The van der Waals surface area contributed by atoms with Gasteiger partial charge in [-0.15, -0.1) is 0 Å². The van der Waals surface area contributed by atoms with Gasteiger partial charge in [-0.1, -0.05) is 35.9 Å². The van der Waals surface area contributed by atoms with Crippen LogP contribution < -0.4 is 11.3 Å². The number of benzene rings is 2. The van der Waals surface area contributed by atoms with Gasteiger partial charge < -0.3 is 10.8 Å². The van der Waals surface area contributed by atoms with Gasteiger partial charge in [0, 0.05) is 12.7 Å². The molecule has 2 unspecified atom stereocenters. The highest BCUT2D eigenvalue weighted by molar-refractivity contribution is 7.92. The lowest BCUT2D eigenvalue weighted by Gasteiger charge is -2.27. The third kappa shape index (κ3) is 3.86. The second-order valence-corrected chi connectivity index (χ2v) is 10.1. The summed E-state index contributed by atoms with van der Waals surface area (Å²) in [5.74, 6) is -1.10. The fourth-order valence-corrected chi connectivity index (χ4v) is 3.97. The Hall–Kier alpha value is -3.04. The minimum atomic E-state index is -3.93. The summed E-state index contributed by atoms with van der Waals surface area (Å²) in [7, 11) is -3.93. The van der Waals surface area contributed by atoms with Gasteiger partial charge in [0.1, 0.15) is 12.6 Å². The number of nitrogens with zero attached hydrogens (tertiary/aromatic N) is 2. The molecule has 158 valence electrons. The molecular weight excluding hydrogens is 406 g/mol. The SMILES string of the molecule is Cc1ccc(-c2ccc3c(=O)n(C(O)CC(C)(C(N)=O)S(C)(=O)=O)cnc3c2)cc1. The predicted molar refractivity (Wildman–Crippen MR) is 114 cm³/mol. The van der Waals surface area contributed by atoms with E-state index < -0.39 is 38.7 Å². The van der Waals surface area contributed by atoms with E-state index in [9.17, 15) is 23.1 Å². The van der Waals surface area contributed by atoms with E-state index in [-0.39, 0.29) is 5.39 Å². The molecule has 0 aliphatic heterocycles. The summed E-state index contributed by atoms with van der Waals surface area (Å²) >= 11 is 0. The molecule has 1 aromatic heterocycles. The van der Waals surface area contributed by atoms with Gasteiger partial charge in [-0.05, 0) is 37.1 Å². The van der Waals surface area contributed by atoms with Gasteiger partial charge in [-0.2, -0.15) is 0 Å². The number of sulfone groups is 1. The molecule has 3 aromatic rings. The van der Waals surface area contributed by atoms with Crippen LogP contribution in [0.25, 0.3) is 22.0 Å². The summed E-state index contributed by atoms with van der Waals surface area (Å²) in [4.78, 5) is 28.9. The van der Waals surface area contributed by atoms with Gasteiger partial charge in [0.2, 0.25) is 5.91 Å². The van der Waals surface area contributed by atoms with Crippen LogP contribution in [-0.4, -0.2) is 40.0 Å². The first-order valence-electron chi connectivity index (χ1n) is 9.19. The van der Waals surface area contributed by atoms with Crippen LogP contribution in [0.1, 0.15) is 25.1 Å². The van der Waals surface area contributed by atoms with E-state index in [1.165, 1.54) is 0 Å². The van der Waals surface area contributed by atoms with Gasteiger partial charge in [0.25, 0.3) is 5.56 Å². The molecule has 30 heavy (non-hydrogen) atoms. The number of carbonyl (C=O) groups excluding carboxylic acids is 1. The maximum atomic E-state index is 12.9. The third-order valence-electron chi connectivity index (χ3n) is 5.40. The molecule has 0 aliphatic rings. The minimum Gasteiger partial charge on any atom is -0.373 e. The smallest absolute Gasteiger partial charge is 0.263 e. The van der Waals surface area contributed by atoms with Crippen LogP contribution in [0, 0.1) is 6.92 Å². The number of aliphatic hydroxyl groups is 1. The van der Waals surface area contributed by atoms with E-state index in [0.717, 1.165) is 40.8 Å². The van der Waals surface area contributed by atoms with Crippen molar-refractivity contribution in [1.82, 2.24) is 9.55 Å². The zero-order chi connectivity index (χ0) is 22.3. The molecule has 0 radical (unpaired) electrons. The van der Waals surface area contributed by atoms with Crippen molar-refractivity contribution >= 4 is 26.6 Å². The monoisotopic (exact) mass is 429 g/mol. The Bertz CT molecular complexity index is 1280. The molecule has 9 heteroatoms. The number of rotatable bonds is 6. The lowest BCUT2D eigenvalue weighted by atomic mass is 10.0. The number of hydrogen-bond donors (Lipinski definition) is 2. The molecule has 0 fully saturated rings. The van der Waals surface area contributed by atoms with Crippen molar-refractivity contribution in [3.8, 4) is 11.1 Å². The van der Waals surface area contributed by atoms with Gasteiger partial charge in [0.15, 0.2) is 14.6 Å². The summed E-state index contributed by atoms with van der Waals surface area (Å²) in [6.07, 6.45) is -0.176.